The van der Waals surface area contributed by atoms with Gasteiger partial charge in [-0.3, -0.25) is 4.79 Å². The van der Waals surface area contributed by atoms with Crippen LogP contribution in [-0.2, 0) is 0 Å². The normalized spacial score (nSPS) is 12.1. The molecule has 0 saturated heterocycles. The maximum atomic E-state index is 12.3. The first-order valence-electron chi connectivity index (χ1n) is 6.92. The van der Waals surface area contributed by atoms with Crippen molar-refractivity contribution in [3.63, 3.8) is 0 Å². The molecule has 1 atom stereocenters. The van der Waals surface area contributed by atoms with Crippen LogP contribution in [0.5, 0.6) is 0 Å². The van der Waals surface area contributed by atoms with Gasteiger partial charge in [-0.1, -0.05) is 74.9 Å². The van der Waals surface area contributed by atoms with Crippen LogP contribution in [0, 0.1) is 0 Å². The number of hydrogen-bond acceptors (Lipinski definition) is 1. The molecule has 0 fully saturated rings. The molecule has 0 N–H and O–H groups in total. The van der Waals surface area contributed by atoms with Crippen LogP contribution < -0.4 is 0 Å². The summed E-state index contributed by atoms with van der Waals surface area (Å²) in [6.07, 6.45) is 2.37. The molecule has 0 saturated carbocycles. The van der Waals surface area contributed by atoms with E-state index in [1.807, 2.05) is 42.5 Å². The van der Waals surface area contributed by atoms with Gasteiger partial charge in [-0.15, -0.1) is 0 Å². The zero-order chi connectivity index (χ0) is 13.7. The molecule has 0 aliphatic carbocycles. The molecular formula is C18H20O. The van der Waals surface area contributed by atoms with Gasteiger partial charge in [-0.2, -0.15) is 0 Å². The van der Waals surface area contributed by atoms with Crippen molar-refractivity contribution in [3.05, 3.63) is 71.3 Å². The first-order chi connectivity index (χ1) is 9.22. The van der Waals surface area contributed by atoms with Crippen molar-refractivity contribution in [2.75, 3.05) is 0 Å². The van der Waals surface area contributed by atoms with Crippen molar-refractivity contribution in [2.45, 2.75) is 32.6 Å². The summed E-state index contributed by atoms with van der Waals surface area (Å²) in [6.45, 7) is 4.43. The van der Waals surface area contributed by atoms with Crippen LogP contribution in [0.3, 0.4) is 0 Å². The third kappa shape index (κ3) is 3.31. The predicted molar refractivity (Wildman–Crippen MR) is 79.6 cm³/mol. The summed E-state index contributed by atoms with van der Waals surface area (Å²) in [6, 6.07) is 17.5. The minimum Gasteiger partial charge on any atom is -0.289 e. The standard InChI is InChI=1S/C18H20O/c1-3-7-14(2)15-10-12-17(13-11-15)18(19)16-8-5-4-6-9-16/h4-6,8-14H,3,7H2,1-2H3. The van der Waals surface area contributed by atoms with E-state index in [4.69, 9.17) is 0 Å². The van der Waals surface area contributed by atoms with E-state index >= 15 is 0 Å². The van der Waals surface area contributed by atoms with E-state index in [0.717, 1.165) is 11.1 Å². The van der Waals surface area contributed by atoms with Gasteiger partial charge in [0.05, 0.1) is 0 Å². The van der Waals surface area contributed by atoms with Crippen molar-refractivity contribution < 1.29 is 4.79 Å². The monoisotopic (exact) mass is 252 g/mol. The Morgan fingerprint density at radius 1 is 0.947 bits per heavy atom. The van der Waals surface area contributed by atoms with Crippen LogP contribution in [-0.4, -0.2) is 5.78 Å². The molecule has 0 heterocycles. The number of rotatable bonds is 5. The molecule has 0 bridgehead atoms. The van der Waals surface area contributed by atoms with Gasteiger partial charge in [0, 0.05) is 11.1 Å². The third-order valence-corrected chi connectivity index (χ3v) is 3.50. The molecule has 1 nitrogen and oxygen atoms in total. The summed E-state index contributed by atoms with van der Waals surface area (Å²) >= 11 is 0. The Hall–Kier alpha value is -1.89. The lowest BCUT2D eigenvalue weighted by Crippen LogP contribution is -2.01. The topological polar surface area (TPSA) is 17.1 Å². The van der Waals surface area contributed by atoms with Crippen molar-refractivity contribution >= 4 is 5.78 Å². The number of carbonyl (C=O) groups excluding carboxylic acids is 1. The highest BCUT2D eigenvalue weighted by molar-refractivity contribution is 6.08. The van der Waals surface area contributed by atoms with Crippen molar-refractivity contribution in [2.24, 2.45) is 0 Å². The van der Waals surface area contributed by atoms with Gasteiger partial charge in [0.1, 0.15) is 0 Å². The lowest BCUT2D eigenvalue weighted by atomic mass is 9.94. The fourth-order valence-electron chi connectivity index (χ4n) is 2.32. The first-order valence-corrected chi connectivity index (χ1v) is 6.92. The van der Waals surface area contributed by atoms with E-state index in [1.54, 1.807) is 0 Å². The molecule has 0 spiro atoms. The lowest BCUT2D eigenvalue weighted by Gasteiger charge is -2.11. The molecule has 2 rings (SSSR count). The zero-order valence-corrected chi connectivity index (χ0v) is 11.6. The number of ketones is 1. The molecular weight excluding hydrogens is 232 g/mol. The van der Waals surface area contributed by atoms with Gasteiger partial charge in [0.15, 0.2) is 5.78 Å². The third-order valence-electron chi connectivity index (χ3n) is 3.50. The second-order valence-corrected chi connectivity index (χ2v) is 5.01. The largest absolute Gasteiger partial charge is 0.289 e. The Kier molecular flexibility index (Phi) is 4.51. The van der Waals surface area contributed by atoms with Crippen LogP contribution in [0.15, 0.2) is 54.6 Å². The molecule has 0 radical (unpaired) electrons. The summed E-state index contributed by atoms with van der Waals surface area (Å²) < 4.78 is 0. The Bertz CT molecular complexity index is 525. The van der Waals surface area contributed by atoms with Gasteiger partial charge < -0.3 is 0 Å². The van der Waals surface area contributed by atoms with Gasteiger partial charge in [0.2, 0.25) is 0 Å². The van der Waals surface area contributed by atoms with Crippen molar-refractivity contribution in [3.8, 4) is 0 Å². The predicted octanol–water partition coefficient (Wildman–Crippen LogP) is 4.82. The van der Waals surface area contributed by atoms with Gasteiger partial charge in [-0.25, -0.2) is 0 Å². The molecule has 19 heavy (non-hydrogen) atoms. The van der Waals surface area contributed by atoms with Crippen molar-refractivity contribution in [1.29, 1.82) is 0 Å². The van der Waals surface area contributed by atoms with E-state index in [1.165, 1.54) is 18.4 Å². The molecule has 98 valence electrons. The number of benzene rings is 2. The molecule has 0 aliphatic rings. The molecule has 2 aromatic rings. The molecule has 0 aromatic heterocycles. The highest BCUT2D eigenvalue weighted by Gasteiger charge is 2.09. The van der Waals surface area contributed by atoms with E-state index in [-0.39, 0.29) is 5.78 Å². The highest BCUT2D eigenvalue weighted by atomic mass is 16.1. The summed E-state index contributed by atoms with van der Waals surface area (Å²) in [5, 5.41) is 0. The summed E-state index contributed by atoms with van der Waals surface area (Å²) in [4.78, 5) is 12.3. The summed E-state index contributed by atoms with van der Waals surface area (Å²) in [7, 11) is 0. The molecule has 1 heteroatoms. The van der Waals surface area contributed by atoms with Crippen LogP contribution >= 0.6 is 0 Å². The smallest absolute Gasteiger partial charge is 0.193 e. The minimum atomic E-state index is 0.0929. The number of hydrogen-bond donors (Lipinski definition) is 0. The van der Waals surface area contributed by atoms with Crippen LogP contribution in [0.2, 0.25) is 0 Å². The second-order valence-electron chi connectivity index (χ2n) is 5.01. The minimum absolute atomic E-state index is 0.0929. The fourth-order valence-corrected chi connectivity index (χ4v) is 2.32. The maximum Gasteiger partial charge on any atom is 0.193 e. The van der Waals surface area contributed by atoms with Crippen LogP contribution in [0.25, 0.3) is 0 Å². The van der Waals surface area contributed by atoms with E-state index in [0.29, 0.717) is 5.92 Å². The van der Waals surface area contributed by atoms with E-state index in [9.17, 15) is 4.79 Å². The van der Waals surface area contributed by atoms with Crippen LogP contribution in [0.4, 0.5) is 0 Å². The Balaban J connectivity index is 2.17. The van der Waals surface area contributed by atoms with Gasteiger partial charge in [0.25, 0.3) is 0 Å². The highest BCUT2D eigenvalue weighted by Crippen LogP contribution is 2.21. The van der Waals surface area contributed by atoms with Crippen molar-refractivity contribution in [1.82, 2.24) is 0 Å². The zero-order valence-electron chi connectivity index (χ0n) is 11.6. The van der Waals surface area contributed by atoms with Gasteiger partial charge >= 0.3 is 0 Å². The summed E-state index contributed by atoms with van der Waals surface area (Å²) in [5.74, 6) is 0.654. The molecule has 0 aliphatic heterocycles. The van der Waals surface area contributed by atoms with Crippen LogP contribution in [0.1, 0.15) is 54.1 Å². The Morgan fingerprint density at radius 2 is 1.53 bits per heavy atom. The fraction of sp³-hybridized carbons (Fsp3) is 0.278. The van der Waals surface area contributed by atoms with E-state index < -0.39 is 0 Å². The molecule has 1 unspecified atom stereocenters. The maximum absolute atomic E-state index is 12.3. The Morgan fingerprint density at radius 3 is 2.11 bits per heavy atom. The Labute approximate surface area is 115 Å². The average molecular weight is 252 g/mol. The SMILES string of the molecule is CCCC(C)c1ccc(C(=O)c2ccccc2)cc1. The van der Waals surface area contributed by atoms with Gasteiger partial charge in [-0.05, 0) is 17.9 Å². The van der Waals surface area contributed by atoms with E-state index in [2.05, 4.69) is 26.0 Å². The average Bonchev–Trinajstić information content (AvgIpc) is 2.48. The lowest BCUT2D eigenvalue weighted by molar-refractivity contribution is 0.103. The number of carbonyl (C=O) groups is 1. The summed E-state index contributed by atoms with van der Waals surface area (Å²) in [5.41, 5.74) is 2.82. The second kappa shape index (κ2) is 6.33. The molecule has 0 amide bonds. The molecule has 2 aromatic carbocycles. The first kappa shape index (κ1) is 13.5. The quantitative estimate of drug-likeness (QED) is 0.697.